The number of nitrogens with zero attached hydrogens (tertiary/aromatic N) is 4. The van der Waals surface area contributed by atoms with E-state index in [1.165, 1.54) is 6.20 Å². The Morgan fingerprint density at radius 2 is 2.19 bits per heavy atom. The molecule has 0 amide bonds. The lowest BCUT2D eigenvalue weighted by molar-refractivity contribution is -0.0395. The van der Waals surface area contributed by atoms with E-state index in [4.69, 9.17) is 4.74 Å². The maximum absolute atomic E-state index is 9.20. The van der Waals surface area contributed by atoms with E-state index in [2.05, 4.69) is 15.1 Å². The fourth-order valence-corrected chi connectivity index (χ4v) is 2.42. The van der Waals surface area contributed by atoms with Gasteiger partial charge >= 0.3 is 7.12 Å². The number of pyridine rings is 1. The number of aromatic nitrogens is 4. The topological polar surface area (TPSA) is 93.3 Å². The molecule has 2 aromatic heterocycles. The number of rotatable bonds is 3. The Labute approximate surface area is 122 Å². The van der Waals surface area contributed by atoms with Crippen molar-refractivity contribution in [2.45, 2.75) is 32.4 Å². The lowest BCUT2D eigenvalue weighted by atomic mass is 9.78. The van der Waals surface area contributed by atoms with E-state index >= 15 is 0 Å². The molecule has 1 saturated heterocycles. The number of hydrogen-bond acceptors (Lipinski definition) is 6. The molecule has 2 N–H and O–H groups in total. The van der Waals surface area contributed by atoms with E-state index in [-0.39, 0.29) is 6.23 Å². The number of hydrogen-bond donors (Lipinski definition) is 2. The standard InChI is InChI=1S/C13H17BN4O3/c1-9-6-11(15-7-10(9)14(19)20)13-16-8-18(17-13)12-4-2-3-5-21-12/h6-8,12,19-20H,2-5H2,1H3. The molecule has 0 spiro atoms. The second-order valence-electron chi connectivity index (χ2n) is 5.17. The zero-order valence-electron chi connectivity index (χ0n) is 11.8. The largest absolute Gasteiger partial charge is 0.490 e. The molecule has 1 fully saturated rings. The normalized spacial score (nSPS) is 18.7. The van der Waals surface area contributed by atoms with Crippen LogP contribution < -0.4 is 5.46 Å². The predicted octanol–water partition coefficient (Wildman–Crippen LogP) is 0.0274. The summed E-state index contributed by atoms with van der Waals surface area (Å²) in [5, 5.41) is 22.8. The van der Waals surface area contributed by atoms with Crippen LogP contribution in [-0.2, 0) is 4.74 Å². The molecule has 0 aromatic carbocycles. The van der Waals surface area contributed by atoms with Crippen LogP contribution in [0.5, 0.6) is 0 Å². The van der Waals surface area contributed by atoms with Crippen LogP contribution in [0.2, 0.25) is 0 Å². The number of aryl methyl sites for hydroxylation is 1. The van der Waals surface area contributed by atoms with Gasteiger partial charge in [-0.1, -0.05) is 0 Å². The first-order valence-corrected chi connectivity index (χ1v) is 7.01. The van der Waals surface area contributed by atoms with Gasteiger partial charge in [-0.2, -0.15) is 0 Å². The lowest BCUT2D eigenvalue weighted by Gasteiger charge is -2.21. The first-order valence-electron chi connectivity index (χ1n) is 7.01. The van der Waals surface area contributed by atoms with E-state index < -0.39 is 7.12 Å². The van der Waals surface area contributed by atoms with Crippen LogP contribution >= 0.6 is 0 Å². The quantitative estimate of drug-likeness (QED) is 0.774. The number of ether oxygens (including phenoxy) is 1. The molecule has 2 aromatic rings. The van der Waals surface area contributed by atoms with Gasteiger partial charge in [-0.15, -0.1) is 5.10 Å². The average Bonchev–Trinajstić information content (AvgIpc) is 2.97. The highest BCUT2D eigenvalue weighted by molar-refractivity contribution is 6.59. The first-order chi connectivity index (χ1) is 10.1. The highest BCUT2D eigenvalue weighted by Crippen LogP contribution is 2.22. The van der Waals surface area contributed by atoms with Gasteiger partial charge in [0.25, 0.3) is 0 Å². The van der Waals surface area contributed by atoms with Crippen LogP contribution in [-0.4, -0.2) is 43.5 Å². The molecule has 3 heterocycles. The second-order valence-corrected chi connectivity index (χ2v) is 5.17. The van der Waals surface area contributed by atoms with Crippen molar-refractivity contribution in [3.8, 4) is 11.5 Å². The summed E-state index contributed by atoms with van der Waals surface area (Å²) in [5.41, 5.74) is 1.72. The van der Waals surface area contributed by atoms with Gasteiger partial charge in [0.15, 0.2) is 12.1 Å². The zero-order chi connectivity index (χ0) is 14.8. The third kappa shape index (κ3) is 2.97. The van der Waals surface area contributed by atoms with Gasteiger partial charge in [0.05, 0.1) is 0 Å². The van der Waals surface area contributed by atoms with Crippen LogP contribution in [0.4, 0.5) is 0 Å². The van der Waals surface area contributed by atoms with Gasteiger partial charge in [-0.05, 0) is 37.8 Å². The van der Waals surface area contributed by atoms with Crippen molar-refractivity contribution >= 4 is 12.6 Å². The van der Waals surface area contributed by atoms with Crippen molar-refractivity contribution in [3.05, 3.63) is 24.2 Å². The summed E-state index contributed by atoms with van der Waals surface area (Å²) in [5.74, 6) is 0.506. The molecule has 0 saturated carbocycles. The molecule has 1 aliphatic rings. The summed E-state index contributed by atoms with van der Waals surface area (Å²) in [4.78, 5) is 8.45. The van der Waals surface area contributed by atoms with Crippen LogP contribution in [0.25, 0.3) is 11.5 Å². The summed E-state index contributed by atoms with van der Waals surface area (Å²) in [6.07, 6.45) is 6.18. The van der Waals surface area contributed by atoms with Crippen molar-refractivity contribution in [3.63, 3.8) is 0 Å². The van der Waals surface area contributed by atoms with Crippen molar-refractivity contribution in [2.24, 2.45) is 0 Å². The first kappa shape index (κ1) is 14.2. The molecule has 0 bridgehead atoms. The molecule has 1 aliphatic heterocycles. The van der Waals surface area contributed by atoms with E-state index in [1.807, 2.05) is 0 Å². The van der Waals surface area contributed by atoms with Gasteiger partial charge in [-0.25, -0.2) is 9.67 Å². The summed E-state index contributed by atoms with van der Waals surface area (Å²) in [6, 6.07) is 1.75. The SMILES string of the molecule is Cc1cc(-c2ncn(C3CCCCO3)n2)ncc1B(O)O. The van der Waals surface area contributed by atoms with Crippen molar-refractivity contribution < 1.29 is 14.8 Å². The molecule has 21 heavy (non-hydrogen) atoms. The Bertz CT molecular complexity index is 626. The van der Waals surface area contributed by atoms with E-state index in [0.717, 1.165) is 31.4 Å². The molecular formula is C13H17BN4O3. The predicted molar refractivity (Wildman–Crippen MR) is 76.7 cm³/mol. The third-order valence-corrected chi connectivity index (χ3v) is 3.62. The van der Waals surface area contributed by atoms with Crippen LogP contribution in [0.15, 0.2) is 18.6 Å². The summed E-state index contributed by atoms with van der Waals surface area (Å²) in [6.45, 7) is 2.54. The summed E-state index contributed by atoms with van der Waals surface area (Å²) >= 11 is 0. The highest BCUT2D eigenvalue weighted by atomic mass is 16.5. The minimum absolute atomic E-state index is 0.0559. The lowest BCUT2D eigenvalue weighted by Crippen LogP contribution is -2.32. The van der Waals surface area contributed by atoms with Crippen LogP contribution in [0.3, 0.4) is 0 Å². The second kappa shape index (κ2) is 5.93. The Hall–Kier alpha value is -1.77. The van der Waals surface area contributed by atoms with Gasteiger partial charge in [0, 0.05) is 18.3 Å². The molecule has 3 rings (SSSR count). The average molecular weight is 288 g/mol. The Morgan fingerprint density at radius 1 is 1.33 bits per heavy atom. The molecule has 110 valence electrons. The Morgan fingerprint density at radius 3 is 2.86 bits per heavy atom. The zero-order valence-corrected chi connectivity index (χ0v) is 11.8. The summed E-state index contributed by atoms with van der Waals surface area (Å²) < 4.78 is 7.38. The van der Waals surface area contributed by atoms with Crippen LogP contribution in [0, 0.1) is 6.92 Å². The Kier molecular flexibility index (Phi) is 4.00. The van der Waals surface area contributed by atoms with E-state index in [1.54, 1.807) is 24.0 Å². The molecule has 7 nitrogen and oxygen atoms in total. The maximum Gasteiger partial charge on any atom is 0.490 e. The van der Waals surface area contributed by atoms with Gasteiger partial charge in [0.2, 0.25) is 0 Å². The minimum atomic E-state index is -1.52. The molecule has 8 heteroatoms. The van der Waals surface area contributed by atoms with Crippen molar-refractivity contribution in [1.29, 1.82) is 0 Å². The Balaban J connectivity index is 1.84. The molecule has 1 atom stereocenters. The van der Waals surface area contributed by atoms with Crippen molar-refractivity contribution in [2.75, 3.05) is 6.61 Å². The van der Waals surface area contributed by atoms with Gasteiger partial charge in [0.1, 0.15) is 12.0 Å². The van der Waals surface area contributed by atoms with Gasteiger partial charge in [-0.3, -0.25) is 4.98 Å². The van der Waals surface area contributed by atoms with Crippen LogP contribution in [0.1, 0.15) is 31.1 Å². The maximum atomic E-state index is 9.20. The fraction of sp³-hybridized carbons (Fsp3) is 0.462. The third-order valence-electron chi connectivity index (χ3n) is 3.62. The minimum Gasteiger partial charge on any atom is -0.423 e. The fourth-order valence-electron chi connectivity index (χ4n) is 2.42. The smallest absolute Gasteiger partial charge is 0.423 e. The van der Waals surface area contributed by atoms with E-state index in [9.17, 15) is 10.0 Å². The van der Waals surface area contributed by atoms with Crippen molar-refractivity contribution in [1.82, 2.24) is 19.7 Å². The highest BCUT2D eigenvalue weighted by Gasteiger charge is 2.19. The molecule has 0 radical (unpaired) electrons. The van der Waals surface area contributed by atoms with E-state index in [0.29, 0.717) is 17.0 Å². The summed E-state index contributed by atoms with van der Waals surface area (Å²) in [7, 11) is -1.52. The molecule has 1 unspecified atom stereocenters. The van der Waals surface area contributed by atoms with Gasteiger partial charge < -0.3 is 14.8 Å². The molecular weight excluding hydrogens is 271 g/mol. The molecule has 0 aliphatic carbocycles. The monoisotopic (exact) mass is 288 g/mol.